The molecule has 0 aliphatic rings. The molecule has 0 radical (unpaired) electrons. The maximum atomic E-state index is 14.2. The third-order valence-corrected chi connectivity index (χ3v) is 6.22. The van der Waals surface area contributed by atoms with Crippen molar-refractivity contribution in [1.29, 1.82) is 0 Å². The van der Waals surface area contributed by atoms with Crippen LogP contribution in [0, 0.1) is 5.82 Å². The van der Waals surface area contributed by atoms with E-state index in [1.165, 1.54) is 17.4 Å². The molecule has 0 bridgehead atoms. The van der Waals surface area contributed by atoms with Crippen molar-refractivity contribution < 1.29 is 9.18 Å². The van der Waals surface area contributed by atoms with E-state index in [1.807, 2.05) is 60.8 Å². The lowest BCUT2D eigenvalue weighted by atomic mass is 10.0. The average molecular weight is 431 g/mol. The van der Waals surface area contributed by atoms with Crippen molar-refractivity contribution in [3.8, 4) is 0 Å². The first-order chi connectivity index (χ1) is 15.2. The van der Waals surface area contributed by atoms with Crippen molar-refractivity contribution >= 4 is 43.4 Å². The number of rotatable bonds is 6. The fourth-order valence-corrected chi connectivity index (χ4v) is 4.62. The second-order valence-electron chi connectivity index (χ2n) is 7.26. The van der Waals surface area contributed by atoms with Crippen LogP contribution in [0.2, 0.25) is 0 Å². The number of hydrogen-bond acceptors (Lipinski definition) is 4. The van der Waals surface area contributed by atoms with Crippen LogP contribution in [0.25, 0.3) is 21.0 Å². The number of anilines is 1. The number of thiazole rings is 1. The van der Waals surface area contributed by atoms with Crippen LogP contribution in [0.15, 0.2) is 79.1 Å². The first-order valence-electron chi connectivity index (χ1n) is 9.98. The van der Waals surface area contributed by atoms with E-state index in [-0.39, 0.29) is 18.1 Å². The molecule has 7 heteroatoms. The second kappa shape index (κ2) is 8.28. The predicted octanol–water partition coefficient (Wildman–Crippen LogP) is 5.06. The third-order valence-electron chi connectivity index (χ3n) is 5.17. The van der Waals surface area contributed by atoms with Gasteiger partial charge in [0.25, 0.3) is 0 Å². The Hall–Kier alpha value is -3.58. The summed E-state index contributed by atoms with van der Waals surface area (Å²) in [5.74, 6) is -0.462. The first-order valence-corrected chi connectivity index (χ1v) is 10.8. The summed E-state index contributed by atoms with van der Waals surface area (Å²) in [7, 11) is 0. The highest BCUT2D eigenvalue weighted by Gasteiger charge is 2.21. The van der Waals surface area contributed by atoms with E-state index in [9.17, 15) is 9.18 Å². The molecule has 0 saturated carbocycles. The number of carbonyl (C=O) groups is 1. The van der Waals surface area contributed by atoms with Crippen LogP contribution < -0.4 is 4.90 Å². The van der Waals surface area contributed by atoms with E-state index >= 15 is 0 Å². The van der Waals surface area contributed by atoms with E-state index in [1.54, 1.807) is 21.8 Å². The lowest BCUT2D eigenvalue weighted by molar-refractivity contribution is -0.118. The summed E-state index contributed by atoms with van der Waals surface area (Å²) in [6, 6.07) is 20.8. The van der Waals surface area contributed by atoms with Gasteiger partial charge in [0.2, 0.25) is 5.91 Å². The SMILES string of the molecule is O=C(Cc1ccc2ccccc2c1)N(CCn1cccn1)c1nc2c(F)cccc2s1. The van der Waals surface area contributed by atoms with Gasteiger partial charge in [0.05, 0.1) is 17.7 Å². The lowest BCUT2D eigenvalue weighted by Crippen LogP contribution is -2.35. The topological polar surface area (TPSA) is 51.0 Å². The van der Waals surface area contributed by atoms with Crippen LogP contribution in [-0.2, 0) is 17.8 Å². The quantitative estimate of drug-likeness (QED) is 0.378. The molecule has 0 unspecified atom stereocenters. The minimum Gasteiger partial charge on any atom is -0.286 e. The van der Waals surface area contributed by atoms with E-state index in [4.69, 9.17) is 0 Å². The largest absolute Gasteiger partial charge is 0.286 e. The van der Waals surface area contributed by atoms with Crippen LogP contribution in [0.3, 0.4) is 0 Å². The fraction of sp³-hybridized carbons (Fsp3) is 0.125. The molecule has 0 fully saturated rings. The van der Waals surface area contributed by atoms with Crippen molar-refractivity contribution in [2.75, 3.05) is 11.4 Å². The van der Waals surface area contributed by atoms with Gasteiger partial charge in [-0.1, -0.05) is 59.9 Å². The van der Waals surface area contributed by atoms with Gasteiger partial charge < -0.3 is 0 Å². The third kappa shape index (κ3) is 4.04. The summed E-state index contributed by atoms with van der Waals surface area (Å²) < 4.78 is 16.7. The van der Waals surface area contributed by atoms with Crippen molar-refractivity contribution in [1.82, 2.24) is 14.8 Å². The van der Waals surface area contributed by atoms with E-state index < -0.39 is 0 Å². The maximum Gasteiger partial charge on any atom is 0.233 e. The Balaban J connectivity index is 1.45. The number of nitrogens with zero attached hydrogens (tertiary/aromatic N) is 4. The van der Waals surface area contributed by atoms with Crippen LogP contribution in [0.1, 0.15) is 5.56 Å². The molecule has 3 aromatic carbocycles. The molecule has 0 spiro atoms. The lowest BCUT2D eigenvalue weighted by Gasteiger charge is -2.20. The molecular formula is C24H19FN4OS. The van der Waals surface area contributed by atoms with Crippen molar-refractivity contribution in [3.63, 3.8) is 0 Å². The Morgan fingerprint density at radius 2 is 1.90 bits per heavy atom. The zero-order chi connectivity index (χ0) is 21.2. The highest BCUT2D eigenvalue weighted by molar-refractivity contribution is 7.22. The van der Waals surface area contributed by atoms with Gasteiger partial charge in [0.15, 0.2) is 5.13 Å². The van der Waals surface area contributed by atoms with Gasteiger partial charge in [-0.15, -0.1) is 0 Å². The Kier molecular flexibility index (Phi) is 5.18. The molecule has 5 aromatic rings. The van der Waals surface area contributed by atoms with Gasteiger partial charge in [-0.25, -0.2) is 9.37 Å². The van der Waals surface area contributed by atoms with Crippen LogP contribution in [0.4, 0.5) is 9.52 Å². The molecule has 31 heavy (non-hydrogen) atoms. The number of halogens is 1. The van der Waals surface area contributed by atoms with Gasteiger partial charge in [0.1, 0.15) is 11.3 Å². The molecule has 5 nitrogen and oxygen atoms in total. The maximum absolute atomic E-state index is 14.2. The van der Waals surface area contributed by atoms with E-state index in [0.29, 0.717) is 23.7 Å². The van der Waals surface area contributed by atoms with Gasteiger partial charge in [0, 0.05) is 18.9 Å². The summed E-state index contributed by atoms with van der Waals surface area (Å²) in [5.41, 5.74) is 1.23. The summed E-state index contributed by atoms with van der Waals surface area (Å²) in [6.07, 6.45) is 3.79. The van der Waals surface area contributed by atoms with Crippen molar-refractivity contribution in [2.45, 2.75) is 13.0 Å². The average Bonchev–Trinajstić information content (AvgIpc) is 3.44. The zero-order valence-corrected chi connectivity index (χ0v) is 17.4. The molecule has 0 N–H and O–H groups in total. The smallest absolute Gasteiger partial charge is 0.233 e. The van der Waals surface area contributed by atoms with Crippen LogP contribution in [0.5, 0.6) is 0 Å². The molecule has 2 heterocycles. The van der Waals surface area contributed by atoms with Gasteiger partial charge in [-0.3, -0.25) is 14.4 Å². The summed E-state index contributed by atoms with van der Waals surface area (Å²) >= 11 is 1.32. The van der Waals surface area contributed by atoms with Crippen molar-refractivity contribution in [3.05, 3.63) is 90.5 Å². The number of para-hydroxylation sites is 1. The number of hydrogen-bond donors (Lipinski definition) is 0. The molecule has 5 rings (SSSR count). The number of aromatic nitrogens is 3. The van der Waals surface area contributed by atoms with Gasteiger partial charge >= 0.3 is 0 Å². The second-order valence-corrected chi connectivity index (χ2v) is 8.26. The Morgan fingerprint density at radius 3 is 2.71 bits per heavy atom. The van der Waals surface area contributed by atoms with Crippen LogP contribution >= 0.6 is 11.3 Å². The summed E-state index contributed by atoms with van der Waals surface area (Å²) in [4.78, 5) is 19.4. The van der Waals surface area contributed by atoms with Crippen molar-refractivity contribution in [2.24, 2.45) is 0 Å². The normalized spacial score (nSPS) is 11.3. The minimum atomic E-state index is -0.381. The van der Waals surface area contributed by atoms with E-state index in [2.05, 4.69) is 10.1 Å². The predicted molar refractivity (Wildman–Crippen MR) is 122 cm³/mol. The molecule has 0 atom stereocenters. The molecule has 154 valence electrons. The van der Waals surface area contributed by atoms with Gasteiger partial charge in [-0.2, -0.15) is 5.10 Å². The summed E-state index contributed by atoms with van der Waals surface area (Å²) in [6.45, 7) is 0.921. The molecule has 0 aliphatic heterocycles. The Morgan fingerprint density at radius 1 is 1.03 bits per heavy atom. The standard InChI is InChI=1S/C24H19FN4OS/c25-20-7-3-8-21-23(20)27-24(31-21)29(14-13-28-12-4-11-26-28)22(30)16-17-9-10-18-5-1-2-6-19(18)15-17/h1-12,15H,13-14,16H2. The number of amides is 1. The Bertz CT molecular complexity index is 1360. The van der Waals surface area contributed by atoms with E-state index in [0.717, 1.165) is 21.0 Å². The fourth-order valence-electron chi connectivity index (χ4n) is 3.60. The highest BCUT2D eigenvalue weighted by Crippen LogP contribution is 2.31. The van der Waals surface area contributed by atoms with Gasteiger partial charge in [-0.05, 0) is 34.5 Å². The Labute approximate surface area is 182 Å². The summed E-state index contributed by atoms with van der Waals surface area (Å²) in [5, 5.41) is 6.95. The number of benzene rings is 3. The number of fused-ring (bicyclic) bond motifs is 2. The first kappa shape index (κ1) is 19.4. The molecular weight excluding hydrogens is 411 g/mol. The molecule has 0 saturated heterocycles. The zero-order valence-electron chi connectivity index (χ0n) is 16.6. The molecule has 1 amide bonds. The number of carbonyl (C=O) groups excluding carboxylic acids is 1. The highest BCUT2D eigenvalue weighted by atomic mass is 32.1. The molecule has 0 aliphatic carbocycles. The monoisotopic (exact) mass is 430 g/mol. The molecule has 2 aromatic heterocycles. The van der Waals surface area contributed by atoms with Crippen LogP contribution in [-0.4, -0.2) is 27.2 Å². The minimum absolute atomic E-state index is 0.0816.